The highest BCUT2D eigenvalue weighted by Gasteiger charge is 2.23. The lowest BCUT2D eigenvalue weighted by Crippen LogP contribution is -2.39. The van der Waals surface area contributed by atoms with E-state index in [1.165, 1.54) is 30.3 Å². The van der Waals surface area contributed by atoms with Crippen LogP contribution in [0.1, 0.15) is 39.2 Å². The average molecular weight is 503 g/mol. The van der Waals surface area contributed by atoms with Gasteiger partial charge in [0.2, 0.25) is 0 Å². The first-order valence-corrected chi connectivity index (χ1v) is 12.8. The summed E-state index contributed by atoms with van der Waals surface area (Å²) in [5.41, 5.74) is 3.83. The zero-order valence-corrected chi connectivity index (χ0v) is 20.1. The molecule has 0 saturated heterocycles. The van der Waals surface area contributed by atoms with Crippen LogP contribution >= 0.6 is 0 Å². The predicted octanol–water partition coefficient (Wildman–Crippen LogP) is 2.52. The topological polar surface area (TPSA) is 161 Å². The average Bonchev–Trinajstić information content (AvgIpc) is 3.31. The van der Waals surface area contributed by atoms with Crippen molar-refractivity contribution in [3.63, 3.8) is 0 Å². The third kappa shape index (κ3) is 4.34. The van der Waals surface area contributed by atoms with Crippen LogP contribution in [0.3, 0.4) is 0 Å². The summed E-state index contributed by atoms with van der Waals surface area (Å²) in [6.45, 7) is 1.85. The summed E-state index contributed by atoms with van der Waals surface area (Å²) >= 11 is 0. The van der Waals surface area contributed by atoms with Crippen LogP contribution in [0.15, 0.2) is 58.4 Å². The molecule has 1 aliphatic carbocycles. The third-order valence-corrected chi connectivity index (χ3v) is 7.73. The molecule has 36 heavy (non-hydrogen) atoms. The molecule has 1 aliphatic rings. The monoisotopic (exact) mass is 502 g/mol. The van der Waals surface area contributed by atoms with E-state index >= 15 is 0 Å². The molecule has 0 spiro atoms. The number of rotatable bonds is 5. The number of benzene rings is 2. The molecule has 0 fully saturated rings. The van der Waals surface area contributed by atoms with Gasteiger partial charge in [0.05, 0.1) is 27.4 Å². The Kier molecular flexibility index (Phi) is 5.81. The molecule has 2 aromatic carbocycles. The Morgan fingerprint density at radius 1 is 1.19 bits per heavy atom. The molecule has 0 aliphatic heterocycles. The quantitative estimate of drug-likeness (QED) is 0.328. The van der Waals surface area contributed by atoms with Crippen LogP contribution in [0.25, 0.3) is 10.9 Å². The summed E-state index contributed by atoms with van der Waals surface area (Å²) in [5, 5.41) is 19.4. The normalized spacial score (nSPS) is 15.2. The maximum absolute atomic E-state index is 13.0. The molecule has 5 rings (SSSR count). The second kappa shape index (κ2) is 8.98. The molecule has 0 radical (unpaired) electrons. The molecule has 1 amide bonds. The van der Waals surface area contributed by atoms with Crippen molar-refractivity contribution < 1.29 is 13.2 Å². The summed E-state index contributed by atoms with van der Waals surface area (Å²) in [7, 11) is -3.95. The zero-order valence-electron chi connectivity index (χ0n) is 19.3. The number of H-pyrrole nitrogens is 2. The Morgan fingerprint density at radius 2 is 1.97 bits per heavy atom. The van der Waals surface area contributed by atoms with Gasteiger partial charge in [-0.15, -0.1) is 0 Å². The number of sulfonamides is 1. The van der Waals surface area contributed by atoms with E-state index in [-0.39, 0.29) is 22.4 Å². The van der Waals surface area contributed by atoms with Crippen LogP contribution in [0, 0.1) is 18.3 Å². The van der Waals surface area contributed by atoms with Crippen molar-refractivity contribution in [2.75, 3.05) is 4.72 Å². The molecule has 0 saturated carbocycles. The van der Waals surface area contributed by atoms with Crippen LogP contribution in [0.2, 0.25) is 0 Å². The van der Waals surface area contributed by atoms with E-state index in [4.69, 9.17) is 0 Å². The SMILES string of the molecule is Cc1ccc(NS(=O)(=O)c2ccc(C(=O)NC3CCc4n[nH]c(=O)cc4C3)cc2)c2[nH]cc(C#N)c12. The number of nitriles is 1. The molecular weight excluding hydrogens is 480 g/mol. The van der Waals surface area contributed by atoms with E-state index in [1.54, 1.807) is 18.3 Å². The molecule has 4 aromatic rings. The second-order valence-corrected chi connectivity index (χ2v) is 10.4. The number of aromatic amines is 2. The number of hydrogen-bond donors (Lipinski definition) is 4. The second-order valence-electron chi connectivity index (χ2n) is 8.74. The summed E-state index contributed by atoms with van der Waals surface area (Å²) in [5.74, 6) is -0.325. The molecule has 1 unspecified atom stereocenters. The minimum atomic E-state index is -3.95. The molecule has 2 aromatic heterocycles. The third-order valence-electron chi connectivity index (χ3n) is 6.34. The molecule has 4 N–H and O–H groups in total. The van der Waals surface area contributed by atoms with Crippen molar-refractivity contribution in [3.05, 3.63) is 87.0 Å². The number of carbonyl (C=O) groups is 1. The number of carbonyl (C=O) groups excluding carboxylic acids is 1. The largest absolute Gasteiger partial charge is 0.358 e. The van der Waals surface area contributed by atoms with Gasteiger partial charge >= 0.3 is 0 Å². The highest BCUT2D eigenvalue weighted by molar-refractivity contribution is 7.92. The lowest BCUT2D eigenvalue weighted by Gasteiger charge is -2.24. The van der Waals surface area contributed by atoms with Gasteiger partial charge in [-0.1, -0.05) is 6.07 Å². The summed E-state index contributed by atoms with van der Waals surface area (Å²) in [4.78, 5) is 27.3. The standard InChI is InChI=1S/C25H22N6O4S/c1-14-2-8-21(24-23(14)17(12-26)13-27-24)31-36(34,35)19-6-3-15(4-7-19)25(33)28-18-5-9-20-16(10-18)11-22(32)30-29-20/h2-4,6-8,11,13,18,27,31H,5,9-10H2,1H3,(H,28,33)(H,30,32). The number of hydrogen-bond acceptors (Lipinski definition) is 6. The van der Waals surface area contributed by atoms with Gasteiger partial charge in [0.1, 0.15) is 6.07 Å². The van der Waals surface area contributed by atoms with Crippen LogP contribution in [-0.2, 0) is 22.9 Å². The first kappa shape index (κ1) is 23.3. The lowest BCUT2D eigenvalue weighted by atomic mass is 9.92. The minimum Gasteiger partial charge on any atom is -0.358 e. The van der Waals surface area contributed by atoms with Gasteiger partial charge < -0.3 is 10.3 Å². The highest BCUT2D eigenvalue weighted by Crippen LogP contribution is 2.30. The molecule has 11 heteroatoms. The van der Waals surface area contributed by atoms with Gasteiger partial charge in [0.25, 0.3) is 21.5 Å². The Balaban J connectivity index is 1.31. The summed E-state index contributed by atoms with van der Waals surface area (Å²) in [6.07, 6.45) is 3.38. The maximum atomic E-state index is 13.0. The zero-order chi connectivity index (χ0) is 25.4. The van der Waals surface area contributed by atoms with E-state index in [2.05, 4.69) is 31.3 Å². The van der Waals surface area contributed by atoms with Crippen molar-refractivity contribution in [2.24, 2.45) is 0 Å². The molecule has 10 nitrogen and oxygen atoms in total. The van der Waals surface area contributed by atoms with Crippen molar-refractivity contribution >= 4 is 32.5 Å². The fourth-order valence-corrected chi connectivity index (χ4v) is 5.59. The van der Waals surface area contributed by atoms with Crippen LogP contribution in [0.5, 0.6) is 0 Å². The number of fused-ring (bicyclic) bond motifs is 2. The predicted molar refractivity (Wildman–Crippen MR) is 133 cm³/mol. The Morgan fingerprint density at radius 3 is 2.72 bits per heavy atom. The van der Waals surface area contributed by atoms with E-state index in [0.29, 0.717) is 47.0 Å². The molecular formula is C25H22N6O4S. The van der Waals surface area contributed by atoms with E-state index in [1.807, 2.05) is 6.92 Å². The minimum absolute atomic E-state index is 0.00303. The summed E-state index contributed by atoms with van der Waals surface area (Å²) < 4.78 is 28.6. The number of aromatic nitrogens is 3. The molecule has 0 bridgehead atoms. The molecule has 1 atom stereocenters. The van der Waals surface area contributed by atoms with Gasteiger partial charge in [-0.2, -0.15) is 10.4 Å². The van der Waals surface area contributed by atoms with E-state index < -0.39 is 10.0 Å². The van der Waals surface area contributed by atoms with Crippen LogP contribution in [0.4, 0.5) is 5.69 Å². The number of amides is 1. The van der Waals surface area contributed by atoms with Gasteiger partial charge in [0, 0.05) is 29.3 Å². The fourth-order valence-electron chi connectivity index (χ4n) is 4.51. The van der Waals surface area contributed by atoms with Gasteiger partial charge in [-0.05, 0) is 67.6 Å². The fraction of sp³-hybridized carbons (Fsp3) is 0.200. The van der Waals surface area contributed by atoms with E-state index in [9.17, 15) is 23.3 Å². The number of nitrogens with one attached hydrogen (secondary N) is 4. The Bertz CT molecular complexity index is 1700. The Labute approximate surface area is 206 Å². The van der Waals surface area contributed by atoms with Crippen molar-refractivity contribution in [1.29, 1.82) is 5.26 Å². The Hall–Kier alpha value is -4.43. The number of nitrogens with zero attached hydrogens (tertiary/aromatic N) is 2. The smallest absolute Gasteiger partial charge is 0.264 e. The van der Waals surface area contributed by atoms with Crippen LogP contribution in [-0.4, -0.2) is 35.5 Å². The first-order chi connectivity index (χ1) is 17.2. The maximum Gasteiger partial charge on any atom is 0.264 e. The summed E-state index contributed by atoms with van der Waals surface area (Å²) in [6, 6.07) is 12.5. The van der Waals surface area contributed by atoms with Gasteiger partial charge in [-0.25, -0.2) is 13.5 Å². The van der Waals surface area contributed by atoms with E-state index in [0.717, 1.165) is 16.8 Å². The van der Waals surface area contributed by atoms with Crippen molar-refractivity contribution in [1.82, 2.24) is 20.5 Å². The van der Waals surface area contributed by atoms with Crippen molar-refractivity contribution in [3.8, 4) is 6.07 Å². The number of aryl methyl sites for hydroxylation is 2. The molecule has 2 heterocycles. The van der Waals surface area contributed by atoms with Gasteiger partial charge in [-0.3, -0.25) is 14.3 Å². The highest BCUT2D eigenvalue weighted by atomic mass is 32.2. The first-order valence-electron chi connectivity index (χ1n) is 11.3. The van der Waals surface area contributed by atoms with Crippen LogP contribution < -0.4 is 15.6 Å². The molecule has 182 valence electrons. The number of anilines is 1. The van der Waals surface area contributed by atoms with Crippen molar-refractivity contribution in [2.45, 2.75) is 37.1 Å². The van der Waals surface area contributed by atoms with Gasteiger partial charge in [0.15, 0.2) is 0 Å². The lowest BCUT2D eigenvalue weighted by molar-refractivity contribution is 0.0933.